The monoisotopic (exact) mass is 279 g/mol. The van der Waals surface area contributed by atoms with E-state index in [0.29, 0.717) is 22.2 Å². The van der Waals surface area contributed by atoms with E-state index < -0.39 is 5.97 Å². The Bertz CT molecular complexity index is 1090. The minimum absolute atomic E-state index is 0.145. The van der Waals surface area contributed by atoms with Gasteiger partial charge in [-0.3, -0.25) is 0 Å². The lowest BCUT2D eigenvalue weighted by molar-refractivity contribution is 0.0697. The van der Waals surface area contributed by atoms with Crippen molar-refractivity contribution in [2.45, 2.75) is 0 Å². The lowest BCUT2D eigenvalue weighted by Crippen LogP contribution is -2.15. The smallest absolute Gasteiger partial charge is 0.335 e. The van der Waals surface area contributed by atoms with Gasteiger partial charge in [0.2, 0.25) is 0 Å². The molecule has 0 radical (unpaired) electrons. The number of aromatic amines is 1. The maximum Gasteiger partial charge on any atom is 0.335 e. The second-order valence-corrected chi connectivity index (χ2v) is 4.76. The molecule has 0 unspecified atom stereocenters. The highest BCUT2D eigenvalue weighted by molar-refractivity contribution is 5.98. The lowest BCUT2D eigenvalue weighted by Gasteiger charge is -2.00. The van der Waals surface area contributed by atoms with Crippen LogP contribution >= 0.6 is 0 Å². The number of carbonyl (C=O) groups is 1. The molecule has 0 spiro atoms. The first-order valence-corrected chi connectivity index (χ1v) is 6.32. The van der Waals surface area contributed by atoms with E-state index in [0.717, 1.165) is 5.39 Å². The molecule has 0 amide bonds. The number of hydrogen-bond acceptors (Lipinski definition) is 3. The minimum Gasteiger partial charge on any atom is -0.478 e. The number of carboxylic acids is 1. The van der Waals surface area contributed by atoms with Crippen LogP contribution in [0.25, 0.3) is 27.6 Å². The molecule has 0 saturated heterocycles. The number of benzene rings is 2. The Labute approximate surface area is 117 Å². The molecule has 4 rings (SSSR count). The number of para-hydroxylation sites is 1. The van der Waals surface area contributed by atoms with Gasteiger partial charge in [-0.15, -0.1) is 0 Å². The summed E-state index contributed by atoms with van der Waals surface area (Å²) < 4.78 is 1.46. The van der Waals surface area contributed by atoms with E-state index in [1.54, 1.807) is 12.1 Å². The zero-order valence-corrected chi connectivity index (χ0v) is 10.7. The third kappa shape index (κ3) is 1.56. The van der Waals surface area contributed by atoms with Gasteiger partial charge in [-0.25, -0.2) is 19.0 Å². The summed E-state index contributed by atoms with van der Waals surface area (Å²) in [5, 5.41) is 9.85. The number of aromatic carboxylic acids is 1. The number of nitrogens with one attached hydrogen (secondary N) is 1. The summed E-state index contributed by atoms with van der Waals surface area (Å²) in [5.74, 6) is -1.02. The summed E-state index contributed by atoms with van der Waals surface area (Å²) >= 11 is 0. The van der Waals surface area contributed by atoms with Crippen LogP contribution in [0.15, 0.2) is 47.3 Å². The molecule has 0 fully saturated rings. The van der Waals surface area contributed by atoms with E-state index in [9.17, 15) is 9.59 Å². The zero-order chi connectivity index (χ0) is 14.6. The molecule has 6 nitrogen and oxygen atoms in total. The molecule has 102 valence electrons. The molecular formula is C15H9N3O3. The SMILES string of the molecule is O=C(O)c1ccc2c(c1)nc1c3ccccc3[nH]c(=O)n21. The van der Waals surface area contributed by atoms with Crippen LogP contribution in [-0.2, 0) is 0 Å². The predicted molar refractivity (Wildman–Crippen MR) is 77.8 cm³/mol. The number of fused-ring (bicyclic) bond motifs is 5. The number of imidazole rings is 1. The first-order chi connectivity index (χ1) is 10.1. The van der Waals surface area contributed by atoms with Gasteiger partial charge in [-0.2, -0.15) is 0 Å². The van der Waals surface area contributed by atoms with Crippen molar-refractivity contribution in [3.8, 4) is 0 Å². The highest BCUT2D eigenvalue weighted by atomic mass is 16.4. The molecule has 0 aliphatic heterocycles. The third-order valence-corrected chi connectivity index (χ3v) is 3.51. The summed E-state index contributed by atoms with van der Waals surface area (Å²) in [6, 6.07) is 11.9. The number of hydrogen-bond donors (Lipinski definition) is 2. The molecule has 21 heavy (non-hydrogen) atoms. The fourth-order valence-corrected chi connectivity index (χ4v) is 2.56. The van der Waals surface area contributed by atoms with Crippen LogP contribution in [-0.4, -0.2) is 25.4 Å². The van der Waals surface area contributed by atoms with Gasteiger partial charge in [0, 0.05) is 5.39 Å². The maximum atomic E-state index is 12.2. The average molecular weight is 279 g/mol. The maximum absolute atomic E-state index is 12.2. The van der Waals surface area contributed by atoms with Gasteiger partial charge >= 0.3 is 11.7 Å². The van der Waals surface area contributed by atoms with E-state index in [1.807, 2.05) is 18.2 Å². The Balaban J connectivity index is 2.25. The van der Waals surface area contributed by atoms with Gasteiger partial charge in [-0.05, 0) is 30.3 Å². The van der Waals surface area contributed by atoms with Crippen LogP contribution in [0.5, 0.6) is 0 Å². The second kappa shape index (κ2) is 3.92. The Kier molecular flexibility index (Phi) is 2.18. The molecular weight excluding hydrogens is 270 g/mol. The molecule has 2 aromatic heterocycles. The fraction of sp³-hybridized carbons (Fsp3) is 0. The highest BCUT2D eigenvalue weighted by Gasteiger charge is 2.13. The molecule has 2 aromatic carbocycles. The molecule has 4 aromatic rings. The summed E-state index contributed by atoms with van der Waals surface area (Å²) in [7, 11) is 0. The Morgan fingerprint density at radius 3 is 2.81 bits per heavy atom. The molecule has 6 heteroatoms. The van der Waals surface area contributed by atoms with E-state index in [-0.39, 0.29) is 11.3 Å². The number of aromatic nitrogens is 3. The summed E-state index contributed by atoms with van der Waals surface area (Å²) in [4.78, 5) is 30.5. The van der Waals surface area contributed by atoms with E-state index >= 15 is 0 Å². The average Bonchev–Trinajstić information content (AvgIpc) is 2.86. The largest absolute Gasteiger partial charge is 0.478 e. The molecule has 2 heterocycles. The molecule has 2 N–H and O–H groups in total. The van der Waals surface area contributed by atoms with Crippen molar-refractivity contribution < 1.29 is 9.90 Å². The van der Waals surface area contributed by atoms with Crippen LogP contribution in [0.4, 0.5) is 0 Å². The van der Waals surface area contributed by atoms with E-state index in [2.05, 4.69) is 9.97 Å². The van der Waals surface area contributed by atoms with Crippen molar-refractivity contribution >= 4 is 33.6 Å². The highest BCUT2D eigenvalue weighted by Crippen LogP contribution is 2.21. The van der Waals surface area contributed by atoms with Crippen molar-refractivity contribution in [1.29, 1.82) is 0 Å². The predicted octanol–water partition coefficient (Wildman–Crippen LogP) is 2.03. The number of carboxylic acid groups (broad SMARTS) is 1. The van der Waals surface area contributed by atoms with Gasteiger partial charge < -0.3 is 10.1 Å². The molecule has 0 saturated carbocycles. The lowest BCUT2D eigenvalue weighted by atomic mass is 10.2. The third-order valence-electron chi connectivity index (χ3n) is 3.51. The van der Waals surface area contributed by atoms with Crippen LogP contribution < -0.4 is 5.69 Å². The van der Waals surface area contributed by atoms with Crippen molar-refractivity contribution in [1.82, 2.24) is 14.4 Å². The van der Waals surface area contributed by atoms with Crippen LogP contribution in [0.3, 0.4) is 0 Å². The van der Waals surface area contributed by atoms with E-state index in [4.69, 9.17) is 5.11 Å². The fourth-order valence-electron chi connectivity index (χ4n) is 2.56. The van der Waals surface area contributed by atoms with Crippen molar-refractivity contribution in [3.63, 3.8) is 0 Å². The first-order valence-electron chi connectivity index (χ1n) is 6.32. The summed E-state index contributed by atoms with van der Waals surface area (Å²) in [6.07, 6.45) is 0. The topological polar surface area (TPSA) is 87.5 Å². The normalized spacial score (nSPS) is 11.4. The van der Waals surface area contributed by atoms with Crippen LogP contribution in [0.1, 0.15) is 10.4 Å². The standard InChI is InChI=1S/C15H9N3O3/c19-14(20)8-5-6-12-11(7-8)16-13-9-3-1-2-4-10(9)17-15(21)18(12)13/h1-7H,(H,17,21)(H,19,20). The Morgan fingerprint density at radius 1 is 1.19 bits per heavy atom. The molecule has 0 aliphatic carbocycles. The quantitative estimate of drug-likeness (QED) is 0.558. The van der Waals surface area contributed by atoms with Gasteiger partial charge in [0.25, 0.3) is 0 Å². The molecule has 0 aliphatic rings. The van der Waals surface area contributed by atoms with Gasteiger partial charge in [-0.1, -0.05) is 12.1 Å². The Morgan fingerprint density at radius 2 is 2.00 bits per heavy atom. The van der Waals surface area contributed by atoms with Crippen molar-refractivity contribution in [2.75, 3.05) is 0 Å². The first kappa shape index (κ1) is 11.7. The number of nitrogens with zero attached hydrogens (tertiary/aromatic N) is 2. The summed E-state index contributed by atoms with van der Waals surface area (Å²) in [6.45, 7) is 0. The minimum atomic E-state index is -1.02. The Hall–Kier alpha value is -3.15. The van der Waals surface area contributed by atoms with Crippen molar-refractivity contribution in [2.24, 2.45) is 0 Å². The summed E-state index contributed by atoms with van der Waals surface area (Å²) in [5.41, 5.74) is 2.13. The van der Waals surface area contributed by atoms with Gasteiger partial charge in [0.05, 0.1) is 22.1 Å². The number of H-pyrrole nitrogens is 1. The zero-order valence-electron chi connectivity index (χ0n) is 10.7. The van der Waals surface area contributed by atoms with Gasteiger partial charge in [0.15, 0.2) is 5.65 Å². The second-order valence-electron chi connectivity index (χ2n) is 4.76. The van der Waals surface area contributed by atoms with Crippen LogP contribution in [0, 0.1) is 0 Å². The molecule has 0 atom stereocenters. The van der Waals surface area contributed by atoms with Gasteiger partial charge in [0.1, 0.15) is 0 Å². The number of rotatable bonds is 1. The van der Waals surface area contributed by atoms with Crippen molar-refractivity contribution in [3.05, 3.63) is 58.5 Å². The van der Waals surface area contributed by atoms with Crippen LogP contribution in [0.2, 0.25) is 0 Å². The molecule has 0 bridgehead atoms. The van der Waals surface area contributed by atoms with E-state index in [1.165, 1.54) is 16.5 Å².